The number of esters is 1. The SMILES string of the molecule is CCOC(=O)c1nnc(C)n1CC1(SC)CC1. The summed E-state index contributed by atoms with van der Waals surface area (Å²) in [6, 6.07) is 0. The zero-order chi connectivity index (χ0) is 12.5. The molecule has 6 heteroatoms. The van der Waals surface area contributed by atoms with Gasteiger partial charge in [0, 0.05) is 11.3 Å². The summed E-state index contributed by atoms with van der Waals surface area (Å²) >= 11 is 1.85. The van der Waals surface area contributed by atoms with E-state index in [1.54, 1.807) is 6.92 Å². The van der Waals surface area contributed by atoms with E-state index in [1.807, 2.05) is 23.3 Å². The predicted octanol–water partition coefficient (Wildman–Crippen LogP) is 1.66. The standard InChI is InChI=1S/C11H17N3O2S/c1-4-16-10(15)9-13-12-8(2)14(9)7-11(17-3)5-6-11/h4-7H2,1-3H3. The highest BCUT2D eigenvalue weighted by molar-refractivity contribution is 8.00. The largest absolute Gasteiger partial charge is 0.460 e. The highest BCUT2D eigenvalue weighted by Gasteiger charge is 2.43. The van der Waals surface area contributed by atoms with Crippen molar-refractivity contribution in [2.24, 2.45) is 0 Å². The van der Waals surface area contributed by atoms with Gasteiger partial charge in [0.2, 0.25) is 5.82 Å². The summed E-state index contributed by atoms with van der Waals surface area (Å²) in [7, 11) is 0. The first-order valence-electron chi connectivity index (χ1n) is 5.74. The number of ether oxygens (including phenoxy) is 1. The number of carbonyl (C=O) groups is 1. The van der Waals surface area contributed by atoms with Crippen molar-refractivity contribution in [2.45, 2.75) is 38.0 Å². The molecule has 0 saturated heterocycles. The molecule has 0 unspecified atom stereocenters. The number of carbonyl (C=O) groups excluding carboxylic acids is 1. The Hall–Kier alpha value is -1.04. The van der Waals surface area contributed by atoms with Gasteiger partial charge >= 0.3 is 5.97 Å². The van der Waals surface area contributed by atoms with Crippen LogP contribution in [0.15, 0.2) is 0 Å². The van der Waals surface area contributed by atoms with Crippen molar-refractivity contribution in [2.75, 3.05) is 12.9 Å². The van der Waals surface area contributed by atoms with Gasteiger partial charge in [0.1, 0.15) is 5.82 Å². The van der Waals surface area contributed by atoms with Crippen molar-refractivity contribution in [3.63, 3.8) is 0 Å². The fourth-order valence-corrected chi connectivity index (χ4v) is 2.54. The van der Waals surface area contributed by atoms with Gasteiger partial charge in [0.05, 0.1) is 6.61 Å². The normalized spacial score (nSPS) is 16.9. The molecular weight excluding hydrogens is 238 g/mol. The molecule has 5 nitrogen and oxygen atoms in total. The predicted molar refractivity (Wildman–Crippen MR) is 66.2 cm³/mol. The maximum atomic E-state index is 11.7. The number of hydrogen-bond acceptors (Lipinski definition) is 5. The topological polar surface area (TPSA) is 57.0 Å². The van der Waals surface area contributed by atoms with E-state index in [-0.39, 0.29) is 10.7 Å². The zero-order valence-electron chi connectivity index (χ0n) is 10.4. The number of nitrogens with zero attached hydrogens (tertiary/aromatic N) is 3. The third-order valence-corrected chi connectivity index (χ3v) is 4.48. The molecule has 2 rings (SSSR count). The van der Waals surface area contributed by atoms with Crippen molar-refractivity contribution in [3.8, 4) is 0 Å². The first-order chi connectivity index (χ1) is 8.12. The second-order valence-corrected chi connectivity index (χ2v) is 5.54. The van der Waals surface area contributed by atoms with Crippen LogP contribution in [0.1, 0.15) is 36.2 Å². The van der Waals surface area contributed by atoms with E-state index >= 15 is 0 Å². The summed E-state index contributed by atoms with van der Waals surface area (Å²) in [4.78, 5) is 11.7. The van der Waals surface area contributed by atoms with Crippen molar-refractivity contribution in [3.05, 3.63) is 11.6 Å². The van der Waals surface area contributed by atoms with E-state index in [9.17, 15) is 4.79 Å². The molecule has 0 aromatic carbocycles. The van der Waals surface area contributed by atoms with Crippen molar-refractivity contribution >= 4 is 17.7 Å². The smallest absolute Gasteiger partial charge is 0.376 e. The number of aromatic nitrogens is 3. The minimum atomic E-state index is -0.384. The lowest BCUT2D eigenvalue weighted by atomic mass is 10.4. The van der Waals surface area contributed by atoms with Gasteiger partial charge in [0.15, 0.2) is 0 Å². The Labute approximate surface area is 105 Å². The van der Waals surface area contributed by atoms with Crippen LogP contribution in [0.5, 0.6) is 0 Å². The van der Waals surface area contributed by atoms with Gasteiger partial charge in [-0.05, 0) is 32.9 Å². The number of hydrogen-bond donors (Lipinski definition) is 0. The molecule has 0 atom stereocenters. The van der Waals surface area contributed by atoms with Crippen molar-refractivity contribution < 1.29 is 9.53 Å². The number of rotatable bonds is 5. The summed E-state index contributed by atoms with van der Waals surface area (Å²) in [6.45, 7) is 4.81. The zero-order valence-corrected chi connectivity index (χ0v) is 11.2. The molecule has 94 valence electrons. The molecule has 1 aromatic heterocycles. The summed E-state index contributed by atoms with van der Waals surface area (Å²) in [5, 5.41) is 7.88. The number of thioether (sulfide) groups is 1. The summed E-state index contributed by atoms with van der Waals surface area (Å²) < 4.78 is 7.13. The summed E-state index contributed by atoms with van der Waals surface area (Å²) in [5.41, 5.74) is 0. The average molecular weight is 255 g/mol. The van der Waals surface area contributed by atoms with Gasteiger partial charge in [-0.25, -0.2) is 4.79 Å². The highest BCUT2D eigenvalue weighted by Crippen LogP contribution is 2.48. The van der Waals surface area contributed by atoms with E-state index in [0.717, 1.165) is 12.4 Å². The Balaban J connectivity index is 2.20. The molecule has 1 fully saturated rings. The van der Waals surface area contributed by atoms with Crippen LogP contribution >= 0.6 is 11.8 Å². The van der Waals surface area contributed by atoms with Gasteiger partial charge < -0.3 is 9.30 Å². The molecule has 0 radical (unpaired) electrons. The molecular formula is C11H17N3O2S. The van der Waals surface area contributed by atoms with Crippen LogP contribution in [-0.4, -0.2) is 38.3 Å². The Morgan fingerprint density at radius 1 is 1.53 bits per heavy atom. The maximum absolute atomic E-state index is 11.7. The maximum Gasteiger partial charge on any atom is 0.376 e. The van der Waals surface area contributed by atoms with Gasteiger partial charge in [0.25, 0.3) is 0 Å². The average Bonchev–Trinajstić information content (AvgIpc) is 3.00. The fraction of sp³-hybridized carbons (Fsp3) is 0.727. The molecule has 17 heavy (non-hydrogen) atoms. The minimum Gasteiger partial charge on any atom is -0.460 e. The highest BCUT2D eigenvalue weighted by atomic mass is 32.2. The van der Waals surface area contributed by atoms with Crippen LogP contribution in [0.3, 0.4) is 0 Å². The van der Waals surface area contributed by atoms with Crippen molar-refractivity contribution in [1.82, 2.24) is 14.8 Å². The Kier molecular flexibility index (Phi) is 3.42. The van der Waals surface area contributed by atoms with E-state index in [4.69, 9.17) is 4.74 Å². The molecule has 0 N–H and O–H groups in total. The molecule has 0 aliphatic heterocycles. The van der Waals surface area contributed by atoms with Crippen LogP contribution in [0, 0.1) is 6.92 Å². The van der Waals surface area contributed by atoms with E-state index < -0.39 is 0 Å². The first kappa shape index (κ1) is 12.4. The second kappa shape index (κ2) is 4.68. The monoisotopic (exact) mass is 255 g/mol. The van der Waals surface area contributed by atoms with Crippen LogP contribution in [0.25, 0.3) is 0 Å². The Bertz CT molecular complexity index is 426. The summed E-state index contributed by atoms with van der Waals surface area (Å²) in [6.07, 6.45) is 4.48. The molecule has 1 aliphatic rings. The second-order valence-electron chi connectivity index (χ2n) is 4.26. The van der Waals surface area contributed by atoms with Crippen molar-refractivity contribution in [1.29, 1.82) is 0 Å². The Morgan fingerprint density at radius 3 is 2.76 bits per heavy atom. The van der Waals surface area contributed by atoms with Crippen LogP contribution in [0.4, 0.5) is 0 Å². The lowest BCUT2D eigenvalue weighted by Crippen LogP contribution is -2.20. The molecule has 1 heterocycles. The summed E-state index contributed by atoms with van der Waals surface area (Å²) in [5.74, 6) is 0.711. The molecule has 1 aliphatic carbocycles. The van der Waals surface area contributed by atoms with Gasteiger partial charge in [-0.3, -0.25) is 0 Å². The molecule has 0 spiro atoms. The van der Waals surface area contributed by atoms with Gasteiger partial charge in [-0.2, -0.15) is 11.8 Å². The fourth-order valence-electron chi connectivity index (χ4n) is 1.77. The van der Waals surface area contributed by atoms with Crippen LogP contribution in [0.2, 0.25) is 0 Å². The van der Waals surface area contributed by atoms with E-state index in [1.165, 1.54) is 12.8 Å². The lowest BCUT2D eigenvalue weighted by molar-refractivity contribution is 0.0505. The van der Waals surface area contributed by atoms with Gasteiger partial charge in [-0.15, -0.1) is 10.2 Å². The van der Waals surface area contributed by atoms with E-state index in [0.29, 0.717) is 12.4 Å². The first-order valence-corrected chi connectivity index (χ1v) is 6.96. The quantitative estimate of drug-likeness (QED) is 0.749. The molecule has 1 aromatic rings. The van der Waals surface area contributed by atoms with E-state index in [2.05, 4.69) is 16.5 Å². The third-order valence-electron chi connectivity index (χ3n) is 3.08. The molecule has 0 amide bonds. The molecule has 0 bridgehead atoms. The van der Waals surface area contributed by atoms with Gasteiger partial charge in [-0.1, -0.05) is 0 Å². The Morgan fingerprint density at radius 2 is 2.24 bits per heavy atom. The van der Waals surface area contributed by atoms with Crippen LogP contribution in [-0.2, 0) is 11.3 Å². The lowest BCUT2D eigenvalue weighted by Gasteiger charge is -2.15. The number of aryl methyl sites for hydroxylation is 1. The van der Waals surface area contributed by atoms with Crippen LogP contribution < -0.4 is 0 Å². The third kappa shape index (κ3) is 2.46. The minimum absolute atomic E-state index is 0.272. The molecule has 1 saturated carbocycles.